The normalized spacial score (nSPS) is 15.3. The maximum atomic E-state index is 14.1. The van der Waals surface area contributed by atoms with Gasteiger partial charge in [0.2, 0.25) is 6.79 Å². The molecule has 1 atom stereocenters. The molecule has 0 radical (unpaired) electrons. The monoisotopic (exact) mass is 642 g/mol. The predicted octanol–water partition coefficient (Wildman–Crippen LogP) is 4.90. The van der Waals surface area contributed by atoms with Crippen LogP contribution in [-0.4, -0.2) is 37.1 Å². The summed E-state index contributed by atoms with van der Waals surface area (Å²) in [6, 6.07) is 17.9. The Bertz CT molecular complexity index is 1990. The van der Waals surface area contributed by atoms with Gasteiger partial charge in [0.25, 0.3) is 5.56 Å². The van der Waals surface area contributed by atoms with Crippen molar-refractivity contribution in [1.82, 2.24) is 4.57 Å². The van der Waals surface area contributed by atoms with Crippen LogP contribution < -0.4 is 38.6 Å². The Morgan fingerprint density at radius 1 is 0.935 bits per heavy atom. The lowest BCUT2D eigenvalue weighted by Crippen LogP contribution is -2.40. The van der Waals surface area contributed by atoms with Gasteiger partial charge in [0.15, 0.2) is 27.8 Å². The lowest BCUT2D eigenvalue weighted by Gasteiger charge is -2.26. The number of benzene rings is 3. The lowest BCUT2D eigenvalue weighted by molar-refractivity contribution is -0.139. The zero-order chi connectivity index (χ0) is 32.2. The first-order chi connectivity index (χ1) is 22.4. The third kappa shape index (κ3) is 6.10. The van der Waals surface area contributed by atoms with Crippen LogP contribution in [0.5, 0.6) is 28.7 Å². The summed E-state index contributed by atoms with van der Waals surface area (Å²) in [5.41, 5.74) is 2.86. The van der Waals surface area contributed by atoms with Gasteiger partial charge in [0.1, 0.15) is 18.4 Å². The maximum absolute atomic E-state index is 14.1. The van der Waals surface area contributed by atoms with Gasteiger partial charge in [-0.15, -0.1) is 0 Å². The molecule has 0 amide bonds. The van der Waals surface area contributed by atoms with E-state index < -0.39 is 12.0 Å². The summed E-state index contributed by atoms with van der Waals surface area (Å²) >= 11 is 1.25. The number of fused-ring (bicyclic) bond motifs is 2. The van der Waals surface area contributed by atoms with E-state index in [4.69, 9.17) is 28.4 Å². The Hall–Kier alpha value is -5.03. The molecule has 3 heterocycles. The number of thiazole rings is 1. The molecule has 10 nitrogen and oxygen atoms in total. The van der Waals surface area contributed by atoms with Crippen molar-refractivity contribution in [2.24, 2.45) is 4.99 Å². The van der Waals surface area contributed by atoms with E-state index >= 15 is 0 Å². The van der Waals surface area contributed by atoms with Crippen molar-refractivity contribution in [3.8, 4) is 28.7 Å². The van der Waals surface area contributed by atoms with Crippen molar-refractivity contribution < 1.29 is 33.2 Å². The van der Waals surface area contributed by atoms with Gasteiger partial charge in [0.05, 0.1) is 35.6 Å². The molecule has 1 unspecified atom stereocenters. The molecule has 3 aromatic carbocycles. The third-order valence-corrected chi connectivity index (χ3v) is 8.41. The summed E-state index contributed by atoms with van der Waals surface area (Å²) in [7, 11) is 0. The van der Waals surface area contributed by atoms with Crippen LogP contribution in [-0.2, 0) is 16.1 Å². The molecule has 238 valence electrons. The van der Waals surface area contributed by atoms with Gasteiger partial charge >= 0.3 is 5.97 Å². The molecular formula is C35H34N2O8S. The second-order valence-electron chi connectivity index (χ2n) is 10.4. The van der Waals surface area contributed by atoms with Crippen molar-refractivity contribution >= 4 is 23.4 Å². The standard InChI is InChI=1S/C35H34N2O8S/c1-5-40-25-11-9-8-10-24(25)32-31(34(39)42-7-3)21(4)36-35-37(32)33(38)30(46-35)18-22-12-14-26(28(16-22)41-6-2)43-19-23-13-15-27-29(17-23)45-20-44-27/h8-18,32H,5-7,19-20H2,1-4H3/b30-18-. The van der Waals surface area contributed by atoms with E-state index in [-0.39, 0.29) is 19.0 Å². The molecule has 1 aromatic heterocycles. The van der Waals surface area contributed by atoms with Crippen LogP contribution in [0.25, 0.3) is 6.08 Å². The van der Waals surface area contributed by atoms with Crippen LogP contribution in [0.15, 0.2) is 81.7 Å². The van der Waals surface area contributed by atoms with Gasteiger partial charge < -0.3 is 28.4 Å². The number of nitrogens with zero attached hydrogens (tertiary/aromatic N) is 2. The van der Waals surface area contributed by atoms with E-state index in [0.29, 0.717) is 74.7 Å². The second kappa shape index (κ2) is 13.5. The summed E-state index contributed by atoms with van der Waals surface area (Å²) < 4.78 is 36.3. The highest BCUT2D eigenvalue weighted by molar-refractivity contribution is 7.07. The summed E-state index contributed by atoms with van der Waals surface area (Å²) in [6.07, 6.45) is 1.79. The zero-order valence-electron chi connectivity index (χ0n) is 26.0. The molecular weight excluding hydrogens is 608 g/mol. The molecule has 0 N–H and O–H groups in total. The van der Waals surface area contributed by atoms with E-state index in [1.54, 1.807) is 24.5 Å². The zero-order valence-corrected chi connectivity index (χ0v) is 26.8. The number of carbonyl (C=O) groups excluding carboxylic acids is 1. The van der Waals surface area contributed by atoms with Gasteiger partial charge in [-0.05, 0) is 75.2 Å². The minimum absolute atomic E-state index is 0.193. The Labute approximate surface area is 269 Å². The quantitative estimate of drug-likeness (QED) is 0.213. The van der Waals surface area contributed by atoms with Crippen LogP contribution in [0.3, 0.4) is 0 Å². The Morgan fingerprint density at radius 3 is 2.52 bits per heavy atom. The number of hydrogen-bond donors (Lipinski definition) is 0. The maximum Gasteiger partial charge on any atom is 0.338 e. The molecule has 0 bridgehead atoms. The number of aromatic nitrogens is 1. The molecule has 2 aliphatic heterocycles. The molecule has 2 aliphatic rings. The fourth-order valence-electron chi connectivity index (χ4n) is 5.42. The SMILES string of the molecule is CCOC(=O)C1=C(C)N=c2s/c(=C\c3ccc(OCc4ccc5c(c4)OCO5)c(OCC)c3)c(=O)n2C1c1ccccc1OCC. The molecule has 0 saturated heterocycles. The van der Waals surface area contributed by atoms with Crippen molar-refractivity contribution in [2.45, 2.75) is 40.3 Å². The largest absolute Gasteiger partial charge is 0.494 e. The van der Waals surface area contributed by atoms with Crippen LogP contribution in [0.2, 0.25) is 0 Å². The van der Waals surface area contributed by atoms with Gasteiger partial charge in [-0.3, -0.25) is 9.36 Å². The molecule has 0 fully saturated rings. The molecule has 0 aliphatic carbocycles. The molecule has 0 spiro atoms. The second-order valence-corrected chi connectivity index (χ2v) is 11.4. The van der Waals surface area contributed by atoms with Crippen LogP contribution in [0.4, 0.5) is 0 Å². The first-order valence-corrected chi connectivity index (χ1v) is 15.9. The summed E-state index contributed by atoms with van der Waals surface area (Å²) in [5, 5.41) is 0. The number of esters is 1. The van der Waals surface area contributed by atoms with Crippen LogP contribution in [0, 0.1) is 0 Å². The Morgan fingerprint density at radius 2 is 1.72 bits per heavy atom. The third-order valence-electron chi connectivity index (χ3n) is 7.43. The minimum atomic E-state index is -0.772. The Kier molecular flexibility index (Phi) is 9.11. The van der Waals surface area contributed by atoms with Crippen LogP contribution in [0.1, 0.15) is 50.4 Å². The van der Waals surface area contributed by atoms with E-state index in [9.17, 15) is 9.59 Å². The first kappa shape index (κ1) is 31.0. The highest BCUT2D eigenvalue weighted by Crippen LogP contribution is 2.36. The summed E-state index contributed by atoms with van der Waals surface area (Å²) in [5.74, 6) is 2.58. The van der Waals surface area contributed by atoms with Crippen molar-refractivity contribution in [3.63, 3.8) is 0 Å². The average molecular weight is 643 g/mol. The summed E-state index contributed by atoms with van der Waals surface area (Å²) in [4.78, 5) is 32.5. The average Bonchev–Trinajstić information content (AvgIpc) is 3.64. The van der Waals surface area contributed by atoms with E-state index in [2.05, 4.69) is 4.99 Å². The van der Waals surface area contributed by atoms with Gasteiger partial charge in [-0.1, -0.05) is 41.7 Å². The number of hydrogen-bond acceptors (Lipinski definition) is 10. The predicted molar refractivity (Wildman–Crippen MR) is 173 cm³/mol. The molecule has 4 aromatic rings. The number of para-hydroxylation sites is 1. The van der Waals surface area contributed by atoms with Crippen LogP contribution >= 0.6 is 11.3 Å². The van der Waals surface area contributed by atoms with Crippen molar-refractivity contribution in [3.05, 3.63) is 108 Å². The highest BCUT2D eigenvalue weighted by atomic mass is 32.1. The smallest absolute Gasteiger partial charge is 0.338 e. The van der Waals surface area contributed by atoms with Gasteiger partial charge in [0, 0.05) is 5.56 Å². The fraction of sp³-hybridized carbons (Fsp3) is 0.286. The highest BCUT2D eigenvalue weighted by Gasteiger charge is 2.35. The lowest BCUT2D eigenvalue weighted by atomic mass is 9.95. The topological polar surface area (TPSA) is 107 Å². The molecule has 46 heavy (non-hydrogen) atoms. The first-order valence-electron chi connectivity index (χ1n) is 15.1. The Balaban J connectivity index is 1.38. The number of rotatable bonds is 11. The van der Waals surface area contributed by atoms with Gasteiger partial charge in [-0.2, -0.15) is 0 Å². The van der Waals surface area contributed by atoms with E-state index in [1.807, 2.05) is 74.5 Å². The van der Waals surface area contributed by atoms with Gasteiger partial charge in [-0.25, -0.2) is 9.79 Å². The molecule has 6 rings (SSSR count). The molecule has 11 heteroatoms. The van der Waals surface area contributed by atoms with Crippen molar-refractivity contribution in [1.29, 1.82) is 0 Å². The van der Waals surface area contributed by atoms with Crippen molar-refractivity contribution in [2.75, 3.05) is 26.6 Å². The summed E-state index contributed by atoms with van der Waals surface area (Å²) in [6.45, 7) is 8.86. The van der Waals surface area contributed by atoms with E-state index in [0.717, 1.165) is 11.1 Å². The minimum Gasteiger partial charge on any atom is -0.494 e. The number of allylic oxidation sites excluding steroid dienone is 1. The molecule has 0 saturated carbocycles. The number of carbonyl (C=O) groups is 1. The fourth-order valence-corrected chi connectivity index (χ4v) is 6.47. The van der Waals surface area contributed by atoms with E-state index in [1.165, 1.54) is 11.3 Å². The number of ether oxygens (including phenoxy) is 6.